The molecule has 0 heterocycles. The molecule has 1 amide bonds. The second-order valence-corrected chi connectivity index (χ2v) is 8.69. The molecule has 2 aromatic rings. The Morgan fingerprint density at radius 2 is 1.19 bits per heavy atom. The Morgan fingerprint density at radius 1 is 0.730 bits per heavy atom. The van der Waals surface area contributed by atoms with E-state index >= 15 is 0 Å². The summed E-state index contributed by atoms with van der Waals surface area (Å²) in [5, 5.41) is 2.68. The Labute approximate surface area is 213 Å². The largest absolute Gasteiger partial charge is 0.384 e. The Morgan fingerprint density at radius 3 is 1.65 bits per heavy atom. The van der Waals surface area contributed by atoms with E-state index in [-0.39, 0.29) is 5.02 Å². The van der Waals surface area contributed by atoms with Crippen molar-refractivity contribution in [2.75, 3.05) is 5.32 Å². The lowest BCUT2D eigenvalue weighted by Gasteiger charge is -2.41. The van der Waals surface area contributed by atoms with E-state index in [1.165, 1.54) is 22.8 Å². The van der Waals surface area contributed by atoms with Crippen molar-refractivity contribution in [1.29, 1.82) is 0 Å². The molecule has 0 fully saturated rings. The molecule has 0 bridgehead atoms. The Bertz CT molecular complexity index is 1100. The van der Waals surface area contributed by atoms with Gasteiger partial charge in [0.2, 0.25) is 0 Å². The first-order valence-electron chi connectivity index (χ1n) is 9.46. The quantitative estimate of drug-likeness (QED) is 0.207. The summed E-state index contributed by atoms with van der Waals surface area (Å²) >= 11 is 8.56. The molecule has 0 spiro atoms. The normalized spacial score (nSPS) is 14.5. The van der Waals surface area contributed by atoms with Crippen LogP contribution < -0.4 is 10.6 Å². The van der Waals surface area contributed by atoms with E-state index in [0.29, 0.717) is 4.47 Å². The predicted molar refractivity (Wildman–Crippen MR) is 111 cm³/mol. The van der Waals surface area contributed by atoms with Crippen LogP contribution in [0.3, 0.4) is 0 Å². The van der Waals surface area contributed by atoms with Gasteiger partial charge in [0, 0.05) is 20.7 Å². The number of anilines is 1. The average molecular weight is 640 g/mol. The number of hydrogen-bond acceptors (Lipinski definition) is 2. The van der Waals surface area contributed by atoms with Crippen molar-refractivity contribution in [2.45, 2.75) is 42.2 Å². The fraction of sp³-hybridized carbons (Fsp3) is 0.350. The van der Waals surface area contributed by atoms with Crippen LogP contribution in [0.2, 0.25) is 5.02 Å². The van der Waals surface area contributed by atoms with Crippen LogP contribution in [0.4, 0.5) is 58.4 Å². The van der Waals surface area contributed by atoms with E-state index < -0.39 is 59.4 Å². The monoisotopic (exact) mass is 638 g/mol. The molecule has 2 N–H and O–H groups in total. The summed E-state index contributed by atoms with van der Waals surface area (Å²) in [5.74, 6) is -38.1. The zero-order valence-electron chi connectivity index (χ0n) is 17.5. The van der Waals surface area contributed by atoms with E-state index in [9.17, 15) is 57.5 Å². The van der Waals surface area contributed by atoms with Gasteiger partial charge in [-0.25, -0.2) is 8.78 Å². The first-order chi connectivity index (χ1) is 16.7. The van der Waals surface area contributed by atoms with Crippen molar-refractivity contribution >= 4 is 39.1 Å². The zero-order valence-corrected chi connectivity index (χ0v) is 19.8. The lowest BCUT2D eigenvalue weighted by molar-refractivity contribution is -0.414. The number of amides is 1. The van der Waals surface area contributed by atoms with Crippen molar-refractivity contribution in [3.05, 3.63) is 63.6 Å². The first kappa shape index (κ1) is 30.9. The maximum Gasteiger partial charge on any atom is 0.384 e. The Hall–Kier alpha value is -2.36. The highest BCUT2D eigenvalue weighted by molar-refractivity contribution is 9.10. The van der Waals surface area contributed by atoms with Crippen molar-refractivity contribution in [1.82, 2.24) is 5.32 Å². The molecule has 17 heteroatoms. The summed E-state index contributed by atoms with van der Waals surface area (Å²) in [6.45, 7) is 0. The number of alkyl halides is 12. The van der Waals surface area contributed by atoms with E-state index in [4.69, 9.17) is 11.6 Å². The Balaban J connectivity index is 2.58. The Kier molecular flexibility index (Phi) is 8.69. The molecular weight excluding hydrogens is 628 g/mol. The summed E-state index contributed by atoms with van der Waals surface area (Å²) in [5.41, 5.74) is -1.11. The van der Waals surface area contributed by atoms with Gasteiger partial charge in [-0.15, -0.1) is 0 Å². The van der Waals surface area contributed by atoms with Crippen molar-refractivity contribution in [3.8, 4) is 0 Å². The zero-order chi connectivity index (χ0) is 28.6. The minimum atomic E-state index is -7.76. The first-order valence-corrected chi connectivity index (χ1v) is 10.6. The number of hydrogen-bond donors (Lipinski definition) is 2. The summed E-state index contributed by atoms with van der Waals surface area (Å²) in [6.07, 6.45) is -9.31. The predicted octanol–water partition coefficient (Wildman–Crippen LogP) is 7.71. The SMILES string of the molecule is O=C(NC(Nc1ccc(Cl)cc1)C(F)(F)C(F)(F)C(F)(F)C(F)(F)C(F)(F)C(F)F)c1ccc(Br)cc1. The van der Waals surface area contributed by atoms with Crippen molar-refractivity contribution in [3.63, 3.8) is 0 Å². The lowest BCUT2D eigenvalue weighted by Crippen LogP contribution is -2.72. The molecular formula is C20H12BrClF12N2O. The van der Waals surface area contributed by atoms with Gasteiger partial charge >= 0.3 is 36.0 Å². The molecule has 0 aliphatic carbocycles. The van der Waals surface area contributed by atoms with Crippen LogP contribution in [0.1, 0.15) is 10.4 Å². The van der Waals surface area contributed by atoms with Crippen molar-refractivity contribution in [2.24, 2.45) is 0 Å². The van der Waals surface area contributed by atoms with Gasteiger partial charge in [-0.3, -0.25) is 4.79 Å². The highest BCUT2D eigenvalue weighted by Crippen LogP contribution is 2.58. The number of rotatable bonds is 10. The van der Waals surface area contributed by atoms with Gasteiger partial charge < -0.3 is 10.6 Å². The topological polar surface area (TPSA) is 41.1 Å². The van der Waals surface area contributed by atoms with Crippen LogP contribution in [0, 0.1) is 0 Å². The third-order valence-corrected chi connectivity index (χ3v) is 5.58. The highest BCUT2D eigenvalue weighted by atomic mass is 79.9. The van der Waals surface area contributed by atoms with Gasteiger partial charge in [-0.2, -0.15) is 43.9 Å². The van der Waals surface area contributed by atoms with E-state index in [2.05, 4.69) is 15.9 Å². The van der Waals surface area contributed by atoms with Gasteiger partial charge in [0.25, 0.3) is 5.91 Å². The fourth-order valence-corrected chi connectivity index (χ4v) is 3.07. The molecule has 0 saturated carbocycles. The van der Waals surface area contributed by atoms with Crippen LogP contribution in [-0.2, 0) is 0 Å². The van der Waals surface area contributed by atoms with Crippen molar-refractivity contribution < 1.29 is 57.5 Å². The molecule has 0 aliphatic heterocycles. The standard InChI is InChI=1S/C20H12BrClF12N2O/c21-10-3-1-9(2-4-10)13(37)36-15(35-12-7-5-11(22)6-8-12)17(27,28)19(31,32)20(33,34)18(29,30)16(25,26)14(23)24/h1-8,14-15,35H,(H,36,37). The summed E-state index contributed by atoms with van der Waals surface area (Å²) in [7, 11) is 0. The average Bonchev–Trinajstić information content (AvgIpc) is 2.79. The van der Waals surface area contributed by atoms with Gasteiger partial charge in [-0.1, -0.05) is 27.5 Å². The number of nitrogens with one attached hydrogen (secondary N) is 2. The molecule has 0 aliphatic rings. The second kappa shape index (κ2) is 10.4. The van der Waals surface area contributed by atoms with Gasteiger partial charge in [-0.05, 0) is 48.5 Å². The molecule has 37 heavy (non-hydrogen) atoms. The van der Waals surface area contributed by atoms with Crippen LogP contribution in [0.25, 0.3) is 0 Å². The molecule has 0 aromatic heterocycles. The molecule has 2 rings (SSSR count). The molecule has 2 aromatic carbocycles. The summed E-state index contributed by atoms with van der Waals surface area (Å²) in [4.78, 5) is 12.4. The van der Waals surface area contributed by atoms with Crippen LogP contribution in [-0.4, -0.2) is 48.1 Å². The fourth-order valence-electron chi connectivity index (χ4n) is 2.68. The number of carbonyl (C=O) groups excluding carboxylic acids is 1. The molecule has 0 saturated heterocycles. The smallest absolute Gasteiger partial charge is 0.360 e. The third kappa shape index (κ3) is 5.59. The maximum atomic E-state index is 14.9. The van der Waals surface area contributed by atoms with Gasteiger partial charge in [0.1, 0.15) is 0 Å². The number of carbonyl (C=O) groups is 1. The second-order valence-electron chi connectivity index (χ2n) is 7.33. The summed E-state index contributed by atoms with van der Waals surface area (Å²) < 4.78 is 165. The highest BCUT2D eigenvalue weighted by Gasteiger charge is 2.88. The third-order valence-electron chi connectivity index (χ3n) is 4.80. The van der Waals surface area contributed by atoms with Crippen LogP contribution in [0.15, 0.2) is 53.0 Å². The van der Waals surface area contributed by atoms with E-state index in [1.807, 2.05) is 0 Å². The van der Waals surface area contributed by atoms with E-state index in [0.717, 1.165) is 36.4 Å². The molecule has 1 atom stereocenters. The van der Waals surface area contributed by atoms with E-state index in [1.54, 1.807) is 0 Å². The number of halogens is 14. The maximum absolute atomic E-state index is 14.9. The van der Waals surface area contributed by atoms with Crippen LogP contribution in [0.5, 0.6) is 0 Å². The van der Waals surface area contributed by atoms with Crippen LogP contribution >= 0.6 is 27.5 Å². The lowest BCUT2D eigenvalue weighted by atomic mass is 9.92. The molecule has 1 unspecified atom stereocenters. The minimum absolute atomic E-state index is 0.0292. The molecule has 206 valence electrons. The number of benzene rings is 2. The van der Waals surface area contributed by atoms with Gasteiger partial charge in [0.05, 0.1) is 0 Å². The molecule has 0 radical (unpaired) electrons. The van der Waals surface area contributed by atoms with Gasteiger partial charge in [0.15, 0.2) is 6.17 Å². The molecule has 3 nitrogen and oxygen atoms in total. The summed E-state index contributed by atoms with van der Waals surface area (Å²) in [6, 6.07) is 7.91. The minimum Gasteiger partial charge on any atom is -0.360 e.